The zero-order valence-corrected chi connectivity index (χ0v) is 13.3. The highest BCUT2D eigenvalue weighted by Gasteiger charge is 2.19. The van der Waals surface area contributed by atoms with E-state index >= 15 is 0 Å². The van der Waals surface area contributed by atoms with Crippen molar-refractivity contribution in [1.29, 1.82) is 0 Å². The van der Waals surface area contributed by atoms with E-state index < -0.39 is 5.97 Å². The lowest BCUT2D eigenvalue weighted by molar-refractivity contribution is 0.0690. The van der Waals surface area contributed by atoms with Gasteiger partial charge in [0.25, 0.3) is 0 Å². The van der Waals surface area contributed by atoms with Gasteiger partial charge in [0.1, 0.15) is 11.6 Å². The fourth-order valence-electron chi connectivity index (χ4n) is 2.93. The molecule has 24 heavy (non-hydrogen) atoms. The number of carboxylic acids is 1. The van der Waals surface area contributed by atoms with Crippen LogP contribution in [0, 0.1) is 5.82 Å². The van der Waals surface area contributed by atoms with Crippen molar-refractivity contribution in [2.75, 3.05) is 18.4 Å². The third-order valence-corrected chi connectivity index (χ3v) is 4.23. The molecule has 0 radical (unpaired) electrons. The lowest BCUT2D eigenvalue weighted by atomic mass is 10.0. The number of hydrogen-bond donors (Lipinski definition) is 2. The molecule has 1 aromatic heterocycles. The first-order valence-corrected chi connectivity index (χ1v) is 8.04. The molecule has 1 aromatic carbocycles. The zero-order valence-electron chi connectivity index (χ0n) is 13.3. The number of carboxylic acid groups (broad SMARTS) is 1. The second-order valence-electron chi connectivity index (χ2n) is 6.03. The molecule has 0 amide bonds. The van der Waals surface area contributed by atoms with Gasteiger partial charge in [0.05, 0.1) is 0 Å². The summed E-state index contributed by atoms with van der Waals surface area (Å²) in [6, 6.07) is 11.9. The number of piperidine rings is 1. The first-order valence-electron chi connectivity index (χ1n) is 8.04. The number of benzene rings is 1. The van der Waals surface area contributed by atoms with Crippen LogP contribution >= 0.6 is 0 Å². The van der Waals surface area contributed by atoms with Gasteiger partial charge in [-0.15, -0.1) is 0 Å². The summed E-state index contributed by atoms with van der Waals surface area (Å²) in [5.74, 6) is -0.627. The molecule has 0 saturated carbocycles. The fourth-order valence-corrected chi connectivity index (χ4v) is 2.93. The van der Waals surface area contributed by atoms with Crippen molar-refractivity contribution < 1.29 is 14.3 Å². The minimum Gasteiger partial charge on any atom is -0.477 e. The highest BCUT2D eigenvalue weighted by atomic mass is 19.1. The molecule has 1 fully saturated rings. The maximum atomic E-state index is 12.9. The zero-order chi connectivity index (χ0) is 16.9. The normalized spacial score (nSPS) is 16.0. The van der Waals surface area contributed by atoms with E-state index in [0.29, 0.717) is 5.82 Å². The molecule has 2 heterocycles. The van der Waals surface area contributed by atoms with Gasteiger partial charge in [-0.2, -0.15) is 0 Å². The maximum Gasteiger partial charge on any atom is 0.354 e. The summed E-state index contributed by atoms with van der Waals surface area (Å²) in [4.78, 5) is 17.4. The van der Waals surface area contributed by atoms with Crippen molar-refractivity contribution in [3.63, 3.8) is 0 Å². The van der Waals surface area contributed by atoms with Gasteiger partial charge in [-0.3, -0.25) is 4.90 Å². The summed E-state index contributed by atoms with van der Waals surface area (Å²) in [5, 5.41) is 12.3. The number of rotatable bonds is 5. The number of nitrogens with one attached hydrogen (secondary N) is 1. The van der Waals surface area contributed by atoms with Crippen molar-refractivity contribution in [3.05, 3.63) is 59.5 Å². The van der Waals surface area contributed by atoms with Crippen LogP contribution in [0.25, 0.3) is 0 Å². The Labute approximate surface area is 140 Å². The number of pyridine rings is 1. The summed E-state index contributed by atoms with van der Waals surface area (Å²) >= 11 is 0. The maximum absolute atomic E-state index is 12.9. The molecule has 0 atom stereocenters. The fraction of sp³-hybridized carbons (Fsp3) is 0.333. The number of anilines is 1. The molecule has 0 aliphatic carbocycles. The minimum atomic E-state index is -1.02. The van der Waals surface area contributed by atoms with E-state index in [1.165, 1.54) is 18.2 Å². The van der Waals surface area contributed by atoms with E-state index in [0.717, 1.165) is 38.0 Å². The van der Waals surface area contributed by atoms with Crippen LogP contribution in [0.1, 0.15) is 28.9 Å². The number of nitrogens with zero attached hydrogens (tertiary/aromatic N) is 2. The summed E-state index contributed by atoms with van der Waals surface area (Å²) < 4.78 is 12.9. The monoisotopic (exact) mass is 329 g/mol. The Bertz CT molecular complexity index is 698. The van der Waals surface area contributed by atoms with E-state index in [-0.39, 0.29) is 17.6 Å². The van der Waals surface area contributed by atoms with Gasteiger partial charge in [0.2, 0.25) is 0 Å². The summed E-state index contributed by atoms with van der Waals surface area (Å²) in [6.45, 7) is 2.70. The van der Waals surface area contributed by atoms with Crippen LogP contribution in [-0.2, 0) is 6.54 Å². The van der Waals surface area contributed by atoms with Crippen LogP contribution in [0.4, 0.5) is 10.2 Å². The van der Waals surface area contributed by atoms with E-state index in [2.05, 4.69) is 15.2 Å². The molecule has 5 nitrogen and oxygen atoms in total. The number of aromatic carboxylic acids is 1. The molecular formula is C18H20FN3O2. The minimum absolute atomic E-state index is 0.0498. The molecule has 1 aliphatic heterocycles. The summed E-state index contributed by atoms with van der Waals surface area (Å²) in [6.07, 6.45) is 1.92. The van der Waals surface area contributed by atoms with E-state index in [1.807, 2.05) is 12.1 Å². The van der Waals surface area contributed by atoms with Gasteiger partial charge < -0.3 is 10.4 Å². The number of likely N-dealkylation sites (tertiary alicyclic amines) is 1. The number of hydrogen-bond acceptors (Lipinski definition) is 4. The van der Waals surface area contributed by atoms with Gasteiger partial charge in [-0.25, -0.2) is 14.2 Å². The van der Waals surface area contributed by atoms with Gasteiger partial charge in [-0.1, -0.05) is 18.2 Å². The molecule has 1 saturated heterocycles. The molecule has 1 aliphatic rings. The highest BCUT2D eigenvalue weighted by Crippen LogP contribution is 2.17. The number of halogens is 1. The van der Waals surface area contributed by atoms with Crippen molar-refractivity contribution in [1.82, 2.24) is 9.88 Å². The Kier molecular flexibility index (Phi) is 5.05. The quantitative estimate of drug-likeness (QED) is 0.883. The molecule has 0 unspecified atom stereocenters. The molecule has 3 rings (SSSR count). The molecule has 2 N–H and O–H groups in total. The number of aromatic nitrogens is 1. The van der Waals surface area contributed by atoms with Crippen LogP contribution in [-0.4, -0.2) is 40.1 Å². The lowest BCUT2D eigenvalue weighted by Gasteiger charge is -2.32. The van der Waals surface area contributed by atoms with Crippen LogP contribution in [0.15, 0.2) is 42.5 Å². The van der Waals surface area contributed by atoms with Gasteiger partial charge in [0.15, 0.2) is 5.69 Å². The predicted octanol–water partition coefficient (Wildman–Crippen LogP) is 3.00. The second-order valence-corrected chi connectivity index (χ2v) is 6.03. The number of carbonyl (C=O) groups is 1. The van der Waals surface area contributed by atoms with Crippen LogP contribution < -0.4 is 5.32 Å². The van der Waals surface area contributed by atoms with Crippen molar-refractivity contribution in [2.45, 2.75) is 25.4 Å². The SMILES string of the molecule is O=C(O)c1cccc(NC2CCN(Cc3ccc(F)cc3)CC2)n1. The van der Waals surface area contributed by atoms with Gasteiger partial charge >= 0.3 is 5.97 Å². The predicted molar refractivity (Wildman–Crippen MR) is 89.5 cm³/mol. The second kappa shape index (κ2) is 7.40. The van der Waals surface area contributed by atoms with Crippen molar-refractivity contribution in [3.8, 4) is 0 Å². The molecule has 0 spiro atoms. The Morgan fingerprint density at radius 2 is 1.92 bits per heavy atom. The smallest absolute Gasteiger partial charge is 0.354 e. The summed E-state index contributed by atoms with van der Waals surface area (Å²) in [7, 11) is 0. The average molecular weight is 329 g/mol. The van der Waals surface area contributed by atoms with Gasteiger partial charge in [-0.05, 0) is 42.7 Å². The third kappa shape index (κ3) is 4.29. The third-order valence-electron chi connectivity index (χ3n) is 4.23. The standard InChI is InChI=1S/C18H20FN3O2/c19-14-6-4-13(5-7-14)12-22-10-8-15(9-11-22)20-17-3-1-2-16(21-17)18(23)24/h1-7,15H,8-12H2,(H,20,21)(H,23,24). The molecule has 6 heteroatoms. The summed E-state index contributed by atoms with van der Waals surface area (Å²) in [5.41, 5.74) is 1.16. The highest BCUT2D eigenvalue weighted by molar-refractivity contribution is 5.85. The average Bonchev–Trinajstić information content (AvgIpc) is 2.59. The molecule has 2 aromatic rings. The van der Waals surface area contributed by atoms with Crippen LogP contribution in [0.3, 0.4) is 0 Å². The van der Waals surface area contributed by atoms with E-state index in [9.17, 15) is 9.18 Å². The largest absolute Gasteiger partial charge is 0.477 e. The van der Waals surface area contributed by atoms with Crippen LogP contribution in [0.2, 0.25) is 0 Å². The topological polar surface area (TPSA) is 65.5 Å². The van der Waals surface area contributed by atoms with Crippen LogP contribution in [0.5, 0.6) is 0 Å². The Morgan fingerprint density at radius 3 is 2.58 bits per heavy atom. The molecular weight excluding hydrogens is 309 g/mol. The van der Waals surface area contributed by atoms with Gasteiger partial charge in [0, 0.05) is 25.7 Å². The first-order chi connectivity index (χ1) is 11.6. The van der Waals surface area contributed by atoms with Crippen molar-refractivity contribution >= 4 is 11.8 Å². The van der Waals surface area contributed by atoms with E-state index in [1.54, 1.807) is 12.1 Å². The molecule has 126 valence electrons. The Hall–Kier alpha value is -2.47. The Morgan fingerprint density at radius 1 is 1.21 bits per heavy atom. The first kappa shape index (κ1) is 16.4. The van der Waals surface area contributed by atoms with E-state index in [4.69, 9.17) is 5.11 Å². The van der Waals surface area contributed by atoms with Crippen molar-refractivity contribution in [2.24, 2.45) is 0 Å². The lowest BCUT2D eigenvalue weighted by Crippen LogP contribution is -2.38. The Balaban J connectivity index is 1.51. The molecule has 0 bridgehead atoms.